The molecule has 3 atom stereocenters. The number of unbranched alkanes of at least 4 members (excludes halogenated alkanes) is 1. The van der Waals surface area contributed by atoms with Crippen LogP contribution in [0.25, 0.3) is 33.1 Å². The van der Waals surface area contributed by atoms with Crippen LogP contribution in [0, 0.1) is 23.2 Å². The van der Waals surface area contributed by atoms with Crippen LogP contribution in [0.3, 0.4) is 0 Å². The fraction of sp³-hybridized carbons (Fsp3) is 0.361. The molecular formula is C61H64N11O11+. The minimum Gasteiger partial charge on any atom is -0.507 e. The molecule has 2 aliphatic heterocycles. The van der Waals surface area contributed by atoms with Crippen LogP contribution in [-0.2, 0) is 33.9 Å². The topological polar surface area (TPSA) is 257 Å². The molecule has 5 heterocycles. The SMILES string of the molecule is COc1ccc2cc3[n+](cc2c1OC(=O)CCCCNC(=O)c1cc(N=Nc2ccc(COC(=O)N(C)CCN(C)C(=O)n4ccc5c(N(C)[C@H]6CC(C(=O)CC#N)CC[C@H]6C)ncnc54)cc2)ccc1O)CCc1cc2c(cc1-3)OCO2. The molecule has 10 rings (SSSR count). The normalized spacial score (nSPS) is 15.9. The van der Waals surface area contributed by atoms with Gasteiger partial charge in [-0.3, -0.25) is 19.0 Å². The Bertz CT molecular complexity index is 3710. The number of hydrogen-bond acceptors (Lipinski definition) is 17. The summed E-state index contributed by atoms with van der Waals surface area (Å²) in [7, 11) is 6.69. The third-order valence-corrected chi connectivity index (χ3v) is 15.7. The number of pyridine rings is 1. The number of aryl methyl sites for hydroxylation is 2. The number of amides is 3. The van der Waals surface area contributed by atoms with E-state index in [2.05, 4.69) is 48.0 Å². The number of phenols is 1. The van der Waals surface area contributed by atoms with Crippen molar-refractivity contribution in [3.05, 3.63) is 114 Å². The van der Waals surface area contributed by atoms with Gasteiger partial charge in [0.25, 0.3) is 5.91 Å². The predicted molar refractivity (Wildman–Crippen MR) is 304 cm³/mol. The Labute approximate surface area is 478 Å². The first kappa shape index (κ1) is 56.6. The summed E-state index contributed by atoms with van der Waals surface area (Å²) < 4.78 is 32.0. The second-order valence-electron chi connectivity index (χ2n) is 21.1. The van der Waals surface area contributed by atoms with Crippen LogP contribution in [-0.4, -0.2) is 120 Å². The van der Waals surface area contributed by atoms with Crippen molar-refractivity contribution in [1.29, 1.82) is 5.26 Å². The largest absolute Gasteiger partial charge is 0.507 e. The van der Waals surface area contributed by atoms with E-state index in [1.54, 1.807) is 56.7 Å². The molecule has 3 amide bonds. The third kappa shape index (κ3) is 12.5. The second kappa shape index (κ2) is 25.0. The molecule has 428 valence electrons. The van der Waals surface area contributed by atoms with E-state index in [4.69, 9.17) is 28.9 Å². The summed E-state index contributed by atoms with van der Waals surface area (Å²) in [6.45, 7) is 3.68. The Morgan fingerprint density at radius 1 is 0.904 bits per heavy atom. The fourth-order valence-corrected chi connectivity index (χ4v) is 10.9. The van der Waals surface area contributed by atoms with Gasteiger partial charge in [0.05, 0.1) is 52.9 Å². The van der Waals surface area contributed by atoms with Gasteiger partial charge in [-0.25, -0.2) is 19.6 Å². The molecule has 2 N–H and O–H groups in total. The lowest BCUT2D eigenvalue weighted by atomic mass is 9.76. The molecule has 83 heavy (non-hydrogen) atoms. The number of Topliss-reactive ketones (excluding diaryl/α,β-unsaturated/α-hetero) is 1. The van der Waals surface area contributed by atoms with Gasteiger partial charge in [-0.05, 0) is 115 Å². The number of azo groups is 1. The zero-order valence-corrected chi connectivity index (χ0v) is 46.9. The summed E-state index contributed by atoms with van der Waals surface area (Å²) >= 11 is 0. The molecule has 0 radical (unpaired) electrons. The van der Waals surface area contributed by atoms with E-state index >= 15 is 0 Å². The Balaban J connectivity index is 0.654. The molecule has 22 heteroatoms. The average molecular weight is 1130 g/mol. The van der Waals surface area contributed by atoms with Crippen LogP contribution in [0.15, 0.2) is 108 Å². The average Bonchev–Trinajstić information content (AvgIpc) is 3.92. The molecule has 4 aromatic carbocycles. The summed E-state index contributed by atoms with van der Waals surface area (Å²) in [6, 6.07) is 24.5. The fourth-order valence-electron chi connectivity index (χ4n) is 10.9. The Hall–Kier alpha value is -9.65. The van der Waals surface area contributed by atoms with Crippen molar-refractivity contribution in [2.75, 3.05) is 59.6 Å². The lowest BCUT2D eigenvalue weighted by Gasteiger charge is -2.40. The first-order valence-electron chi connectivity index (χ1n) is 27.6. The number of rotatable bonds is 19. The molecule has 22 nitrogen and oxygen atoms in total. The number of ketones is 1. The first-order valence-corrected chi connectivity index (χ1v) is 27.6. The summed E-state index contributed by atoms with van der Waals surface area (Å²) in [4.78, 5) is 79.7. The highest BCUT2D eigenvalue weighted by molar-refractivity contribution is 5.98. The van der Waals surface area contributed by atoms with Crippen molar-refractivity contribution in [1.82, 2.24) is 29.7 Å². The molecule has 1 aliphatic carbocycles. The van der Waals surface area contributed by atoms with Gasteiger partial charge in [0.15, 0.2) is 41.4 Å². The van der Waals surface area contributed by atoms with Gasteiger partial charge in [-0.1, -0.05) is 19.1 Å². The number of likely N-dealkylation sites (N-methyl/N-ethyl adjacent to an activating group) is 2. The van der Waals surface area contributed by atoms with Gasteiger partial charge < -0.3 is 48.8 Å². The Kier molecular flexibility index (Phi) is 17.1. The van der Waals surface area contributed by atoms with E-state index in [9.17, 15) is 29.1 Å². The van der Waals surface area contributed by atoms with Crippen LogP contribution in [0.2, 0.25) is 0 Å². The number of aromatic nitrogens is 4. The molecule has 1 saturated carbocycles. The molecule has 3 aliphatic rings. The van der Waals surface area contributed by atoms with E-state index in [1.807, 2.05) is 37.5 Å². The second-order valence-corrected chi connectivity index (χ2v) is 21.1. The minimum absolute atomic E-state index is 0.00973. The van der Waals surface area contributed by atoms with Crippen molar-refractivity contribution >= 4 is 68.8 Å². The van der Waals surface area contributed by atoms with Crippen LogP contribution in [0.5, 0.6) is 28.7 Å². The van der Waals surface area contributed by atoms with Crippen molar-refractivity contribution in [3.63, 3.8) is 0 Å². The number of benzene rings is 4. The highest BCUT2D eigenvalue weighted by Gasteiger charge is 2.35. The molecule has 0 saturated heterocycles. The van der Waals surface area contributed by atoms with Crippen LogP contribution in [0.1, 0.15) is 73.4 Å². The van der Waals surface area contributed by atoms with Gasteiger partial charge in [-0.2, -0.15) is 20.1 Å². The minimum atomic E-state index is -0.582. The molecule has 1 fully saturated rings. The van der Waals surface area contributed by atoms with E-state index in [1.165, 1.54) is 51.6 Å². The molecular weight excluding hydrogens is 1060 g/mol. The third-order valence-electron chi connectivity index (χ3n) is 15.7. The zero-order valence-electron chi connectivity index (χ0n) is 46.9. The molecule has 7 aromatic rings. The smallest absolute Gasteiger partial charge is 0.409 e. The summed E-state index contributed by atoms with van der Waals surface area (Å²) in [5, 5.41) is 33.3. The van der Waals surface area contributed by atoms with Gasteiger partial charge >= 0.3 is 18.1 Å². The van der Waals surface area contributed by atoms with Crippen molar-refractivity contribution in [2.45, 2.75) is 77.5 Å². The standard InChI is InChI=1S/C61H63N11O11/c1-37-9-12-41(50(73)19-22-62)29-48(37)70(4)57-44-21-25-72(58(44)65-35-64-57)60(77)68(2)26-27-69(3)61(78)80-34-38-10-14-42(15-11-38)66-67-43-16-17-51(74)46(31-43)59(76)63-23-7-6-8-55(75)83-56-47-33-71-24-20-40-30-53-54(82-36-81-53)32-45(40)49(71)28-39(47)13-18-52(56)79-5/h10-11,13-18,21,25,28,30-33,35,37,41,48H,6-9,12,19-20,23-24,26-27,29,34,36H2,1-5H3,(H-,63,66,74,76)/p+1/t37-,41?,48+/m1/s1. The summed E-state index contributed by atoms with van der Waals surface area (Å²) in [5.74, 6) is 1.77. The number of phenolic OH excluding ortho intramolecular Hbond substituents is 1. The quantitative estimate of drug-likeness (QED) is 0.0251. The molecule has 1 unspecified atom stereocenters. The van der Waals surface area contributed by atoms with Gasteiger partial charge in [-0.15, -0.1) is 0 Å². The number of nitriles is 1. The van der Waals surface area contributed by atoms with E-state index in [0.717, 1.165) is 53.6 Å². The number of methoxy groups -OCH3 is 1. The number of esters is 1. The van der Waals surface area contributed by atoms with Crippen molar-refractivity contribution in [2.24, 2.45) is 22.1 Å². The number of ether oxygens (including phenoxy) is 5. The number of fused-ring (bicyclic) bond motifs is 6. The number of carbonyl (C=O) groups is 5. The van der Waals surface area contributed by atoms with Gasteiger partial charge in [0, 0.05) is 77.8 Å². The Morgan fingerprint density at radius 2 is 1.67 bits per heavy atom. The van der Waals surface area contributed by atoms with Gasteiger partial charge in [0.1, 0.15) is 30.3 Å². The zero-order chi connectivity index (χ0) is 58.3. The number of nitrogens with zero attached hydrogens (tertiary/aromatic N) is 10. The number of anilines is 1. The monoisotopic (exact) mass is 1130 g/mol. The van der Waals surface area contributed by atoms with Gasteiger partial charge in [0.2, 0.25) is 12.5 Å². The Morgan fingerprint density at radius 3 is 2.47 bits per heavy atom. The van der Waals surface area contributed by atoms with Crippen LogP contribution in [0.4, 0.5) is 26.8 Å². The highest BCUT2D eigenvalue weighted by Crippen LogP contribution is 2.42. The first-order chi connectivity index (χ1) is 40.2. The summed E-state index contributed by atoms with van der Waals surface area (Å²) in [5.41, 5.74) is 5.21. The number of hydrogen-bond donors (Lipinski definition) is 2. The van der Waals surface area contributed by atoms with E-state index in [-0.39, 0.29) is 86.9 Å². The number of aromatic hydroxyl groups is 1. The van der Waals surface area contributed by atoms with E-state index in [0.29, 0.717) is 70.3 Å². The lowest BCUT2D eigenvalue weighted by Crippen LogP contribution is -2.43. The van der Waals surface area contributed by atoms with Crippen LogP contribution < -0.4 is 33.7 Å². The lowest BCUT2D eigenvalue weighted by molar-refractivity contribution is -0.686. The predicted octanol–water partition coefficient (Wildman–Crippen LogP) is 9.35. The highest BCUT2D eigenvalue weighted by atomic mass is 16.7. The van der Waals surface area contributed by atoms with Crippen molar-refractivity contribution in [3.8, 4) is 46.1 Å². The summed E-state index contributed by atoms with van der Waals surface area (Å²) in [6.07, 6.45) is 8.40. The maximum atomic E-state index is 13.7. The van der Waals surface area contributed by atoms with E-state index < -0.39 is 18.0 Å². The maximum Gasteiger partial charge on any atom is 0.409 e. The molecule has 0 bridgehead atoms. The molecule has 3 aromatic heterocycles. The maximum absolute atomic E-state index is 13.7. The number of nitrogens with one attached hydrogen (secondary N) is 1. The molecule has 0 spiro atoms. The van der Waals surface area contributed by atoms with Crippen molar-refractivity contribution < 1.29 is 57.3 Å². The van der Waals surface area contributed by atoms with Crippen LogP contribution >= 0.6 is 0 Å². The number of carbonyl (C=O) groups excluding carboxylic acids is 5.